The molecule has 17 heavy (non-hydrogen) atoms. The maximum absolute atomic E-state index is 11.8. The number of β-lactam (4-membered cyclic amide) rings is 1. The van der Waals surface area contributed by atoms with Crippen LogP contribution in [-0.4, -0.2) is 34.8 Å². The first kappa shape index (κ1) is 14.0. The van der Waals surface area contributed by atoms with E-state index < -0.39 is 5.97 Å². The Kier molecular flexibility index (Phi) is 4.51. The maximum Gasteiger partial charge on any atom is 0.354 e. The highest BCUT2D eigenvalue weighted by molar-refractivity contribution is 9.10. The predicted molar refractivity (Wildman–Crippen MR) is 68.6 cm³/mol. The number of nitrogens with zero attached hydrogens (tertiary/aromatic N) is 1. The molecule has 1 amide bonds. The van der Waals surface area contributed by atoms with Crippen molar-refractivity contribution in [3.63, 3.8) is 0 Å². The van der Waals surface area contributed by atoms with Gasteiger partial charge in [0.05, 0.1) is 13.2 Å². The molecule has 1 heterocycles. The first-order valence-corrected chi connectivity index (χ1v) is 6.21. The van der Waals surface area contributed by atoms with Gasteiger partial charge < -0.3 is 9.64 Å². The molecule has 1 aliphatic rings. The highest BCUT2D eigenvalue weighted by Crippen LogP contribution is 2.34. The lowest BCUT2D eigenvalue weighted by atomic mass is 9.96. The van der Waals surface area contributed by atoms with Crippen LogP contribution in [0, 0.1) is 0 Å². The molecule has 0 aromatic carbocycles. The summed E-state index contributed by atoms with van der Waals surface area (Å²) in [6.07, 6.45) is 2.37. The fraction of sp³-hybridized carbons (Fsp3) is 0.500. The third kappa shape index (κ3) is 2.44. The number of hydrogen-bond donors (Lipinski definition) is 0. The van der Waals surface area contributed by atoms with Crippen LogP contribution in [-0.2, 0) is 14.3 Å². The third-order valence-electron chi connectivity index (χ3n) is 2.64. The molecule has 0 aliphatic carbocycles. The molecule has 1 aliphatic heterocycles. The van der Waals surface area contributed by atoms with E-state index in [1.54, 1.807) is 19.9 Å². The van der Waals surface area contributed by atoms with Crippen LogP contribution in [0.2, 0.25) is 0 Å². The van der Waals surface area contributed by atoms with Crippen molar-refractivity contribution in [3.8, 4) is 0 Å². The second-order valence-electron chi connectivity index (χ2n) is 4.04. The van der Waals surface area contributed by atoms with Gasteiger partial charge in [0.1, 0.15) is 10.5 Å². The molecule has 0 radical (unpaired) electrons. The highest BCUT2D eigenvalue weighted by atomic mass is 79.9. The van der Waals surface area contributed by atoms with Crippen LogP contribution in [0.3, 0.4) is 0 Å². The molecular weight excluding hydrogens is 286 g/mol. The Balaban J connectivity index is 3.04. The first-order chi connectivity index (χ1) is 7.95. The van der Waals surface area contributed by atoms with E-state index in [1.165, 1.54) is 12.0 Å². The summed E-state index contributed by atoms with van der Waals surface area (Å²) >= 11 is 3.31. The lowest BCUT2D eigenvalue weighted by molar-refractivity contribution is -0.149. The number of halogens is 1. The largest absolute Gasteiger partial charge is 0.464 e. The molecule has 2 atom stereocenters. The van der Waals surface area contributed by atoms with E-state index in [2.05, 4.69) is 22.5 Å². The normalized spacial score (nSPS) is 22.8. The first-order valence-electron chi connectivity index (χ1n) is 5.29. The summed E-state index contributed by atoms with van der Waals surface area (Å²) in [4.78, 5) is 24.7. The molecular formula is C12H16BrNO3. The van der Waals surface area contributed by atoms with Gasteiger partial charge in [-0.15, -0.1) is 6.58 Å². The molecule has 1 rings (SSSR count). The molecule has 5 heteroatoms. The number of alkyl halides is 1. The van der Waals surface area contributed by atoms with Crippen molar-refractivity contribution in [3.05, 3.63) is 23.9 Å². The van der Waals surface area contributed by atoms with E-state index >= 15 is 0 Å². The minimum absolute atomic E-state index is 0.0657. The van der Waals surface area contributed by atoms with Gasteiger partial charge in [0.15, 0.2) is 0 Å². The Morgan fingerprint density at radius 3 is 2.59 bits per heavy atom. The zero-order valence-electron chi connectivity index (χ0n) is 10.2. The molecule has 1 saturated heterocycles. The molecule has 1 fully saturated rings. The smallest absolute Gasteiger partial charge is 0.354 e. The standard InChI is InChI=1S/C12H16BrNO3/c1-5-6-8-9(13)11(15)14(8)10(7(2)3)12(16)17-4/h5,8-9H,1,6H2,2-4H3. The fourth-order valence-electron chi connectivity index (χ4n) is 1.82. The Bertz CT molecular complexity index is 385. The van der Waals surface area contributed by atoms with Gasteiger partial charge in [0, 0.05) is 0 Å². The minimum atomic E-state index is -0.480. The SMILES string of the molecule is C=CCC1C(Br)C(=O)N1C(C(=O)OC)=C(C)C. The van der Waals surface area contributed by atoms with Gasteiger partial charge in [-0.3, -0.25) is 4.79 Å². The van der Waals surface area contributed by atoms with Crippen molar-refractivity contribution in [2.75, 3.05) is 7.11 Å². The maximum atomic E-state index is 11.8. The number of carbonyl (C=O) groups is 2. The van der Waals surface area contributed by atoms with Gasteiger partial charge in [-0.25, -0.2) is 4.79 Å². The van der Waals surface area contributed by atoms with Crippen molar-refractivity contribution in [2.24, 2.45) is 0 Å². The summed E-state index contributed by atoms with van der Waals surface area (Å²) in [5.74, 6) is -0.592. The third-order valence-corrected chi connectivity index (χ3v) is 3.65. The van der Waals surface area contributed by atoms with E-state index in [-0.39, 0.29) is 16.8 Å². The predicted octanol–water partition coefficient (Wildman–Crippen LogP) is 2.00. The summed E-state index contributed by atoms with van der Waals surface area (Å²) in [5, 5.41) is 0. The molecule has 0 aromatic rings. The van der Waals surface area contributed by atoms with Crippen molar-refractivity contribution in [2.45, 2.75) is 31.1 Å². The van der Waals surface area contributed by atoms with Crippen molar-refractivity contribution >= 4 is 27.8 Å². The number of allylic oxidation sites excluding steroid dienone is 1. The van der Waals surface area contributed by atoms with Crippen LogP contribution in [0.4, 0.5) is 0 Å². The second kappa shape index (κ2) is 5.49. The Hall–Kier alpha value is -1.10. The Labute approximate surface area is 109 Å². The lowest BCUT2D eigenvalue weighted by Gasteiger charge is -2.45. The van der Waals surface area contributed by atoms with Gasteiger partial charge in [0.2, 0.25) is 5.91 Å². The molecule has 94 valence electrons. The number of rotatable bonds is 4. The summed E-state index contributed by atoms with van der Waals surface area (Å²) in [6, 6.07) is -0.0657. The Morgan fingerprint density at radius 2 is 2.18 bits per heavy atom. The minimum Gasteiger partial charge on any atom is -0.464 e. The van der Waals surface area contributed by atoms with E-state index in [4.69, 9.17) is 4.74 Å². The molecule has 0 N–H and O–H groups in total. The quantitative estimate of drug-likeness (QED) is 0.262. The van der Waals surface area contributed by atoms with Gasteiger partial charge in [-0.1, -0.05) is 22.0 Å². The van der Waals surface area contributed by atoms with Crippen LogP contribution in [0.5, 0.6) is 0 Å². The van der Waals surface area contributed by atoms with Crippen LogP contribution in [0.25, 0.3) is 0 Å². The van der Waals surface area contributed by atoms with Crippen LogP contribution < -0.4 is 0 Å². The number of methoxy groups -OCH3 is 1. The van der Waals surface area contributed by atoms with E-state index in [0.717, 1.165) is 5.57 Å². The molecule has 0 spiro atoms. The molecule has 0 aromatic heterocycles. The topological polar surface area (TPSA) is 46.6 Å². The fourth-order valence-corrected chi connectivity index (χ4v) is 2.49. The van der Waals surface area contributed by atoms with Gasteiger partial charge in [-0.2, -0.15) is 0 Å². The summed E-state index contributed by atoms with van der Waals surface area (Å²) in [5.41, 5.74) is 1.10. The van der Waals surface area contributed by atoms with Crippen LogP contribution >= 0.6 is 15.9 Å². The lowest BCUT2D eigenvalue weighted by Crippen LogP contribution is -2.62. The highest BCUT2D eigenvalue weighted by Gasteiger charge is 2.48. The van der Waals surface area contributed by atoms with Crippen LogP contribution in [0.15, 0.2) is 23.9 Å². The summed E-state index contributed by atoms with van der Waals surface area (Å²) in [6.45, 7) is 7.22. The van der Waals surface area contributed by atoms with Gasteiger partial charge >= 0.3 is 5.97 Å². The van der Waals surface area contributed by atoms with E-state index in [0.29, 0.717) is 12.1 Å². The van der Waals surface area contributed by atoms with Crippen molar-refractivity contribution in [1.82, 2.24) is 4.90 Å². The Morgan fingerprint density at radius 1 is 1.59 bits per heavy atom. The number of hydrogen-bond acceptors (Lipinski definition) is 3. The molecule has 4 nitrogen and oxygen atoms in total. The average molecular weight is 302 g/mol. The number of esters is 1. The summed E-state index contributed by atoms with van der Waals surface area (Å²) in [7, 11) is 1.31. The zero-order valence-corrected chi connectivity index (χ0v) is 11.8. The van der Waals surface area contributed by atoms with Crippen molar-refractivity contribution < 1.29 is 14.3 Å². The monoisotopic (exact) mass is 301 g/mol. The van der Waals surface area contributed by atoms with Crippen LogP contribution in [0.1, 0.15) is 20.3 Å². The molecule has 0 saturated carbocycles. The number of ether oxygens (including phenoxy) is 1. The number of likely N-dealkylation sites (tertiary alicyclic amines) is 1. The number of carbonyl (C=O) groups excluding carboxylic acids is 2. The zero-order chi connectivity index (χ0) is 13.2. The van der Waals surface area contributed by atoms with E-state index in [9.17, 15) is 9.59 Å². The van der Waals surface area contributed by atoms with Crippen molar-refractivity contribution in [1.29, 1.82) is 0 Å². The molecule has 2 unspecified atom stereocenters. The number of amides is 1. The van der Waals surface area contributed by atoms with Gasteiger partial charge in [0.25, 0.3) is 0 Å². The average Bonchev–Trinajstić information content (AvgIpc) is 2.31. The van der Waals surface area contributed by atoms with Gasteiger partial charge in [-0.05, 0) is 25.8 Å². The van der Waals surface area contributed by atoms with E-state index in [1.807, 2.05) is 0 Å². The second-order valence-corrected chi connectivity index (χ2v) is 5.03. The summed E-state index contributed by atoms with van der Waals surface area (Å²) < 4.78 is 4.71. The molecule has 0 bridgehead atoms.